The molecule has 0 spiro atoms. The Balaban J connectivity index is 1.77. The topological polar surface area (TPSA) is 66.6 Å². The minimum absolute atomic E-state index is 0.0487. The first kappa shape index (κ1) is 17.0. The fourth-order valence-corrected chi connectivity index (χ4v) is 3.72. The lowest BCUT2D eigenvalue weighted by Gasteiger charge is -2.24. The summed E-state index contributed by atoms with van der Waals surface area (Å²) in [6, 6.07) is 8.14. The molecule has 2 amide bonds. The van der Waals surface area contributed by atoms with Crippen LogP contribution in [0.1, 0.15) is 44.6 Å². The molecule has 5 nitrogen and oxygen atoms in total. The molecule has 0 aliphatic carbocycles. The Morgan fingerprint density at radius 1 is 1.33 bits per heavy atom. The average Bonchev–Trinajstić information content (AvgIpc) is 3.19. The van der Waals surface area contributed by atoms with E-state index in [-0.39, 0.29) is 23.8 Å². The highest BCUT2D eigenvalue weighted by molar-refractivity contribution is 6.01. The van der Waals surface area contributed by atoms with Crippen molar-refractivity contribution >= 4 is 17.5 Å². The zero-order valence-electron chi connectivity index (χ0n) is 14.6. The second-order valence-electron chi connectivity index (χ2n) is 7.11. The van der Waals surface area contributed by atoms with Crippen LogP contribution >= 0.6 is 0 Å². The van der Waals surface area contributed by atoms with Gasteiger partial charge in [0.2, 0.25) is 11.8 Å². The van der Waals surface area contributed by atoms with Crippen molar-refractivity contribution in [3.05, 3.63) is 29.8 Å². The summed E-state index contributed by atoms with van der Waals surface area (Å²) in [5, 5.41) is 0. The molecule has 2 fully saturated rings. The van der Waals surface area contributed by atoms with Gasteiger partial charge in [0.15, 0.2) is 0 Å². The minimum atomic E-state index is -0.243. The normalized spacial score (nSPS) is 25.4. The Morgan fingerprint density at radius 3 is 2.75 bits per heavy atom. The molecule has 1 aromatic carbocycles. The number of nitrogens with two attached hydrogens (primary N) is 1. The lowest BCUT2D eigenvalue weighted by atomic mass is 9.96. The quantitative estimate of drug-likeness (QED) is 0.920. The summed E-state index contributed by atoms with van der Waals surface area (Å²) in [7, 11) is 0. The summed E-state index contributed by atoms with van der Waals surface area (Å²) in [5.41, 5.74) is 8.05. The van der Waals surface area contributed by atoms with Crippen molar-refractivity contribution in [2.75, 3.05) is 24.5 Å². The summed E-state index contributed by atoms with van der Waals surface area (Å²) >= 11 is 0. The van der Waals surface area contributed by atoms with E-state index in [4.69, 9.17) is 5.73 Å². The molecule has 2 aliphatic rings. The number of rotatable bonds is 4. The van der Waals surface area contributed by atoms with E-state index in [1.54, 1.807) is 4.90 Å². The van der Waals surface area contributed by atoms with Gasteiger partial charge in [0.1, 0.15) is 0 Å². The average molecular weight is 329 g/mol. The van der Waals surface area contributed by atoms with Gasteiger partial charge in [-0.3, -0.25) is 9.59 Å². The number of hydrogen-bond donors (Lipinski definition) is 1. The minimum Gasteiger partial charge on any atom is -0.341 e. The third-order valence-electron chi connectivity index (χ3n) is 5.38. The molecular weight excluding hydrogens is 302 g/mol. The molecule has 2 heterocycles. The molecule has 2 saturated heterocycles. The van der Waals surface area contributed by atoms with Gasteiger partial charge in [-0.15, -0.1) is 0 Å². The van der Waals surface area contributed by atoms with Crippen LogP contribution in [0.5, 0.6) is 0 Å². The number of likely N-dealkylation sites (tertiary alicyclic amines) is 1. The van der Waals surface area contributed by atoms with Crippen LogP contribution in [0, 0.1) is 5.92 Å². The fourth-order valence-electron chi connectivity index (χ4n) is 3.72. The number of hydrogen-bond acceptors (Lipinski definition) is 3. The van der Waals surface area contributed by atoms with Crippen molar-refractivity contribution in [2.45, 2.75) is 45.1 Å². The maximum absolute atomic E-state index is 12.7. The van der Waals surface area contributed by atoms with E-state index in [1.807, 2.05) is 23.1 Å². The van der Waals surface area contributed by atoms with Gasteiger partial charge in [0.25, 0.3) is 0 Å². The van der Waals surface area contributed by atoms with Gasteiger partial charge >= 0.3 is 0 Å². The van der Waals surface area contributed by atoms with Crippen LogP contribution in [0.4, 0.5) is 5.69 Å². The highest BCUT2D eigenvalue weighted by Crippen LogP contribution is 2.34. The highest BCUT2D eigenvalue weighted by Gasteiger charge is 2.39. The predicted molar refractivity (Wildman–Crippen MR) is 94.8 cm³/mol. The number of carbonyl (C=O) groups excluding carboxylic acids is 2. The second-order valence-corrected chi connectivity index (χ2v) is 7.11. The predicted octanol–water partition coefficient (Wildman–Crippen LogP) is 2.11. The van der Waals surface area contributed by atoms with Crippen LogP contribution in [0.25, 0.3) is 0 Å². The Hall–Kier alpha value is -1.88. The Morgan fingerprint density at radius 2 is 2.08 bits per heavy atom. The molecule has 2 unspecified atom stereocenters. The number of benzene rings is 1. The van der Waals surface area contributed by atoms with Gasteiger partial charge in [-0.1, -0.05) is 32.0 Å². The maximum Gasteiger partial charge on any atom is 0.228 e. The first-order chi connectivity index (χ1) is 11.5. The van der Waals surface area contributed by atoms with E-state index in [0.717, 1.165) is 18.5 Å². The van der Waals surface area contributed by atoms with E-state index in [9.17, 15) is 9.59 Å². The van der Waals surface area contributed by atoms with Gasteiger partial charge in [0, 0.05) is 37.8 Å². The zero-order valence-corrected chi connectivity index (χ0v) is 14.6. The molecule has 2 aliphatic heterocycles. The molecule has 0 saturated carbocycles. The lowest BCUT2D eigenvalue weighted by molar-refractivity contribution is -0.134. The number of amides is 2. The summed E-state index contributed by atoms with van der Waals surface area (Å²) < 4.78 is 0. The van der Waals surface area contributed by atoms with E-state index >= 15 is 0 Å². The van der Waals surface area contributed by atoms with Crippen LogP contribution in [0.15, 0.2) is 24.3 Å². The molecule has 0 aromatic heterocycles. The van der Waals surface area contributed by atoms with Crippen LogP contribution in [0.3, 0.4) is 0 Å². The second kappa shape index (κ2) is 6.93. The molecule has 24 heavy (non-hydrogen) atoms. The molecule has 0 radical (unpaired) electrons. The van der Waals surface area contributed by atoms with E-state index in [0.29, 0.717) is 32.0 Å². The first-order valence-electron chi connectivity index (χ1n) is 8.95. The summed E-state index contributed by atoms with van der Waals surface area (Å²) in [6.45, 7) is 6.14. The van der Waals surface area contributed by atoms with E-state index in [2.05, 4.69) is 19.9 Å². The molecule has 5 heteroatoms. The van der Waals surface area contributed by atoms with Gasteiger partial charge in [-0.25, -0.2) is 0 Å². The summed E-state index contributed by atoms with van der Waals surface area (Å²) in [5.74, 6) is 0.278. The lowest BCUT2D eigenvalue weighted by Crippen LogP contribution is -2.37. The first-order valence-corrected chi connectivity index (χ1v) is 8.95. The van der Waals surface area contributed by atoms with Crippen LogP contribution in [0.2, 0.25) is 0 Å². The Labute approximate surface area is 143 Å². The van der Waals surface area contributed by atoms with Gasteiger partial charge in [-0.2, -0.15) is 0 Å². The molecule has 3 rings (SSSR count). The third-order valence-corrected chi connectivity index (χ3v) is 5.38. The van der Waals surface area contributed by atoms with Crippen LogP contribution in [-0.4, -0.2) is 42.4 Å². The molecule has 1 aromatic rings. The fraction of sp³-hybridized carbons (Fsp3) is 0.579. The highest BCUT2D eigenvalue weighted by atomic mass is 16.2. The third kappa shape index (κ3) is 3.18. The van der Waals surface area contributed by atoms with E-state index < -0.39 is 0 Å². The van der Waals surface area contributed by atoms with Crippen molar-refractivity contribution in [1.29, 1.82) is 0 Å². The van der Waals surface area contributed by atoms with Crippen molar-refractivity contribution in [1.82, 2.24) is 4.90 Å². The number of nitrogens with zero attached hydrogens (tertiary/aromatic N) is 2. The standard InChI is InChI=1S/C19H27N3O2/c1-3-13(2)16-6-4-5-7-17(16)22-11-14(10-18(22)23)19(24)21-9-8-15(20)12-21/h4-7,13-15H,3,8-12,20H2,1-2H3/t13?,14?,15-/m1/s1. The van der Waals surface area contributed by atoms with Gasteiger partial charge in [0.05, 0.1) is 5.92 Å². The molecule has 0 bridgehead atoms. The summed E-state index contributed by atoms with van der Waals surface area (Å²) in [6.07, 6.45) is 2.18. The SMILES string of the molecule is CCC(C)c1ccccc1N1CC(C(=O)N2CC[C@@H](N)C2)CC1=O. The van der Waals surface area contributed by atoms with Gasteiger partial charge in [-0.05, 0) is 30.4 Å². The molecule has 2 N–H and O–H groups in total. The number of carbonyl (C=O) groups is 2. The Bertz CT molecular complexity index is 631. The Kier molecular flexibility index (Phi) is 4.90. The number of para-hydroxylation sites is 1. The number of anilines is 1. The van der Waals surface area contributed by atoms with Crippen LogP contribution in [-0.2, 0) is 9.59 Å². The van der Waals surface area contributed by atoms with Crippen LogP contribution < -0.4 is 10.6 Å². The zero-order chi connectivity index (χ0) is 17.3. The van der Waals surface area contributed by atoms with Crippen molar-refractivity contribution < 1.29 is 9.59 Å². The monoisotopic (exact) mass is 329 g/mol. The summed E-state index contributed by atoms with van der Waals surface area (Å²) in [4.78, 5) is 28.9. The van der Waals surface area contributed by atoms with Gasteiger partial charge < -0.3 is 15.5 Å². The largest absolute Gasteiger partial charge is 0.341 e. The molecular formula is C19H27N3O2. The van der Waals surface area contributed by atoms with Crippen molar-refractivity contribution in [3.63, 3.8) is 0 Å². The molecule has 130 valence electrons. The maximum atomic E-state index is 12.7. The van der Waals surface area contributed by atoms with Crippen molar-refractivity contribution in [3.8, 4) is 0 Å². The smallest absolute Gasteiger partial charge is 0.228 e. The molecule has 3 atom stereocenters. The van der Waals surface area contributed by atoms with E-state index in [1.165, 1.54) is 5.56 Å². The van der Waals surface area contributed by atoms with Crippen molar-refractivity contribution in [2.24, 2.45) is 11.7 Å².